The Balaban J connectivity index is 1.65. The number of methoxy groups -OCH3 is 1. The molecule has 5 heteroatoms. The number of carboxylic acid groups (broad SMARTS) is 1. The quantitative estimate of drug-likeness (QED) is 0.758. The largest absolute Gasteiger partial charge is 0.481 e. The van der Waals surface area contributed by atoms with Crippen molar-refractivity contribution >= 4 is 11.9 Å². The molecule has 0 saturated heterocycles. The van der Waals surface area contributed by atoms with Crippen molar-refractivity contribution in [1.82, 2.24) is 5.32 Å². The number of allylic oxidation sites excluding steroid dienone is 2. The molecule has 20 heavy (non-hydrogen) atoms. The zero-order valence-corrected chi connectivity index (χ0v) is 11.6. The Kier molecular flexibility index (Phi) is 3.54. The number of carbonyl (C=O) groups excluding carboxylic acids is 1. The second kappa shape index (κ2) is 5.20. The first-order valence-corrected chi connectivity index (χ1v) is 7.34. The van der Waals surface area contributed by atoms with E-state index in [1.807, 2.05) is 12.2 Å². The van der Waals surface area contributed by atoms with Crippen molar-refractivity contribution in [3.8, 4) is 0 Å². The molecule has 0 radical (unpaired) electrons. The number of hydrogen-bond acceptors (Lipinski definition) is 3. The third-order valence-electron chi connectivity index (χ3n) is 5.11. The summed E-state index contributed by atoms with van der Waals surface area (Å²) < 4.78 is 5.30. The standard InChI is InChI=1S/C15H21NO4/c1-20-11-5-4-10(7-11)16-14(17)12-8-2-3-9(6-8)13(12)15(18)19/h2-3,8-13H,4-7H2,1H3,(H,16,17)(H,18,19)/t8?,9?,10?,11?,12-,13+/m0/s1. The summed E-state index contributed by atoms with van der Waals surface area (Å²) in [4.78, 5) is 23.9. The minimum Gasteiger partial charge on any atom is -0.481 e. The van der Waals surface area contributed by atoms with Gasteiger partial charge in [-0.05, 0) is 37.5 Å². The lowest BCUT2D eigenvalue weighted by Gasteiger charge is -2.25. The van der Waals surface area contributed by atoms with E-state index in [9.17, 15) is 14.7 Å². The molecule has 110 valence electrons. The van der Waals surface area contributed by atoms with Gasteiger partial charge in [-0.25, -0.2) is 0 Å². The first kappa shape index (κ1) is 13.6. The summed E-state index contributed by atoms with van der Waals surface area (Å²) in [5.74, 6) is -1.75. The van der Waals surface area contributed by atoms with Crippen LogP contribution in [0.1, 0.15) is 25.7 Å². The molecule has 0 aliphatic heterocycles. The van der Waals surface area contributed by atoms with Crippen LogP contribution in [0.3, 0.4) is 0 Å². The molecule has 4 unspecified atom stereocenters. The van der Waals surface area contributed by atoms with E-state index in [4.69, 9.17) is 4.74 Å². The maximum Gasteiger partial charge on any atom is 0.307 e. The summed E-state index contributed by atoms with van der Waals surface area (Å²) in [6.45, 7) is 0. The van der Waals surface area contributed by atoms with Crippen LogP contribution in [0.5, 0.6) is 0 Å². The number of fused-ring (bicyclic) bond motifs is 2. The van der Waals surface area contributed by atoms with Gasteiger partial charge in [0.2, 0.25) is 5.91 Å². The van der Waals surface area contributed by atoms with Gasteiger partial charge in [0.15, 0.2) is 0 Å². The number of ether oxygens (including phenoxy) is 1. The molecule has 1 amide bonds. The van der Waals surface area contributed by atoms with E-state index in [1.54, 1.807) is 7.11 Å². The number of aliphatic carboxylic acids is 1. The lowest BCUT2D eigenvalue weighted by molar-refractivity contribution is -0.148. The summed E-state index contributed by atoms with van der Waals surface area (Å²) in [7, 11) is 1.69. The van der Waals surface area contributed by atoms with E-state index in [0.717, 1.165) is 25.7 Å². The number of amides is 1. The van der Waals surface area contributed by atoms with Crippen molar-refractivity contribution < 1.29 is 19.4 Å². The van der Waals surface area contributed by atoms with Crippen molar-refractivity contribution in [2.75, 3.05) is 7.11 Å². The highest BCUT2D eigenvalue weighted by molar-refractivity contribution is 5.87. The molecule has 3 rings (SSSR count). The molecule has 3 aliphatic rings. The fourth-order valence-corrected chi connectivity index (χ4v) is 4.10. The van der Waals surface area contributed by atoms with Crippen LogP contribution in [-0.2, 0) is 14.3 Å². The molecule has 2 fully saturated rings. The van der Waals surface area contributed by atoms with Gasteiger partial charge >= 0.3 is 5.97 Å². The first-order chi connectivity index (χ1) is 9.60. The van der Waals surface area contributed by atoms with Crippen molar-refractivity contribution in [2.24, 2.45) is 23.7 Å². The number of carboxylic acids is 1. The predicted molar refractivity (Wildman–Crippen MR) is 71.9 cm³/mol. The minimum absolute atomic E-state index is 0.0311. The maximum absolute atomic E-state index is 12.5. The Morgan fingerprint density at radius 1 is 1.15 bits per heavy atom. The van der Waals surface area contributed by atoms with E-state index in [-0.39, 0.29) is 29.9 Å². The highest BCUT2D eigenvalue weighted by Gasteiger charge is 2.51. The molecule has 2 saturated carbocycles. The molecule has 6 atom stereocenters. The lowest BCUT2D eigenvalue weighted by atomic mass is 9.82. The molecule has 0 aromatic heterocycles. The molecule has 0 heterocycles. The van der Waals surface area contributed by atoms with Gasteiger partial charge in [0.25, 0.3) is 0 Å². The number of nitrogens with one attached hydrogen (secondary N) is 1. The van der Waals surface area contributed by atoms with Gasteiger partial charge < -0.3 is 15.2 Å². The van der Waals surface area contributed by atoms with E-state index in [0.29, 0.717) is 0 Å². The molecule has 5 nitrogen and oxygen atoms in total. The van der Waals surface area contributed by atoms with Crippen LogP contribution in [0.4, 0.5) is 0 Å². The van der Waals surface area contributed by atoms with Gasteiger partial charge in [-0.2, -0.15) is 0 Å². The highest BCUT2D eigenvalue weighted by Crippen LogP contribution is 2.48. The molecule has 0 spiro atoms. The zero-order chi connectivity index (χ0) is 14.3. The van der Waals surface area contributed by atoms with Crippen LogP contribution in [-0.4, -0.2) is 36.2 Å². The van der Waals surface area contributed by atoms with Crippen LogP contribution >= 0.6 is 0 Å². The van der Waals surface area contributed by atoms with Gasteiger partial charge in [0.1, 0.15) is 0 Å². The van der Waals surface area contributed by atoms with Crippen molar-refractivity contribution in [3.63, 3.8) is 0 Å². The highest BCUT2D eigenvalue weighted by atomic mass is 16.5. The van der Waals surface area contributed by atoms with Crippen LogP contribution in [0, 0.1) is 23.7 Å². The van der Waals surface area contributed by atoms with Crippen LogP contribution in [0.15, 0.2) is 12.2 Å². The Labute approximate surface area is 118 Å². The third-order valence-corrected chi connectivity index (χ3v) is 5.11. The second-order valence-corrected chi connectivity index (χ2v) is 6.21. The van der Waals surface area contributed by atoms with Crippen LogP contribution < -0.4 is 5.32 Å². The maximum atomic E-state index is 12.5. The van der Waals surface area contributed by atoms with E-state index in [2.05, 4.69) is 5.32 Å². The molecular formula is C15H21NO4. The fraction of sp³-hybridized carbons (Fsp3) is 0.733. The monoisotopic (exact) mass is 279 g/mol. The molecule has 2 N–H and O–H groups in total. The Morgan fingerprint density at radius 3 is 2.45 bits per heavy atom. The summed E-state index contributed by atoms with van der Waals surface area (Å²) in [6, 6.07) is 0.130. The van der Waals surface area contributed by atoms with Crippen molar-refractivity contribution in [1.29, 1.82) is 0 Å². The van der Waals surface area contributed by atoms with Gasteiger partial charge in [0, 0.05) is 13.2 Å². The van der Waals surface area contributed by atoms with Gasteiger partial charge in [-0.15, -0.1) is 0 Å². The second-order valence-electron chi connectivity index (χ2n) is 6.21. The van der Waals surface area contributed by atoms with Gasteiger partial charge in [0.05, 0.1) is 17.9 Å². The summed E-state index contributed by atoms with van der Waals surface area (Å²) >= 11 is 0. The molecule has 0 aromatic carbocycles. The third kappa shape index (κ3) is 2.24. The Bertz CT molecular complexity index is 447. The number of rotatable bonds is 4. The van der Waals surface area contributed by atoms with E-state index < -0.39 is 17.8 Å². The zero-order valence-electron chi connectivity index (χ0n) is 11.6. The smallest absolute Gasteiger partial charge is 0.307 e. The topological polar surface area (TPSA) is 75.6 Å². The lowest BCUT2D eigenvalue weighted by Crippen LogP contribution is -2.43. The van der Waals surface area contributed by atoms with E-state index in [1.165, 1.54) is 0 Å². The fourth-order valence-electron chi connectivity index (χ4n) is 4.10. The number of hydrogen-bond donors (Lipinski definition) is 2. The average molecular weight is 279 g/mol. The number of carbonyl (C=O) groups is 2. The summed E-state index contributed by atoms with van der Waals surface area (Å²) in [5, 5.41) is 12.4. The Morgan fingerprint density at radius 2 is 1.85 bits per heavy atom. The Hall–Kier alpha value is -1.36. The molecular weight excluding hydrogens is 258 g/mol. The predicted octanol–water partition coefficient (Wildman–Crippen LogP) is 1.19. The summed E-state index contributed by atoms with van der Waals surface area (Å²) in [5.41, 5.74) is 0. The SMILES string of the molecule is COC1CCC(NC(=O)[C@H]2C3C=CC(C3)[C@H]2C(=O)O)C1. The molecule has 0 aromatic rings. The molecule has 2 bridgehead atoms. The van der Waals surface area contributed by atoms with Crippen molar-refractivity contribution in [2.45, 2.75) is 37.8 Å². The first-order valence-electron chi connectivity index (χ1n) is 7.34. The summed E-state index contributed by atoms with van der Waals surface area (Å²) in [6.07, 6.45) is 7.70. The van der Waals surface area contributed by atoms with Crippen LogP contribution in [0.2, 0.25) is 0 Å². The van der Waals surface area contributed by atoms with Crippen molar-refractivity contribution in [3.05, 3.63) is 12.2 Å². The van der Waals surface area contributed by atoms with E-state index >= 15 is 0 Å². The average Bonchev–Trinajstić information content (AvgIpc) is 3.12. The normalized spacial score (nSPS) is 42.0. The van der Waals surface area contributed by atoms with Gasteiger partial charge in [-0.3, -0.25) is 9.59 Å². The minimum atomic E-state index is -0.844. The van der Waals surface area contributed by atoms with Gasteiger partial charge in [-0.1, -0.05) is 12.2 Å². The molecule has 3 aliphatic carbocycles. The van der Waals surface area contributed by atoms with Crippen LogP contribution in [0.25, 0.3) is 0 Å².